The van der Waals surface area contributed by atoms with Crippen LogP contribution in [0.2, 0.25) is 0 Å². The fraction of sp³-hybridized carbons (Fsp3) is 0.421. The fourth-order valence-corrected chi connectivity index (χ4v) is 3.34. The SMILES string of the molecule is COc1ccc(Cn2nc(N3C[C@H](OC)C[C@H]3C(=O)O)cc(C(F)(F)F)c2=O)cc1. The molecule has 30 heavy (non-hydrogen) atoms. The molecular weight excluding hydrogens is 407 g/mol. The molecule has 0 unspecified atom stereocenters. The number of carbonyl (C=O) groups is 1. The van der Waals surface area contributed by atoms with Crippen LogP contribution >= 0.6 is 0 Å². The van der Waals surface area contributed by atoms with Gasteiger partial charge < -0.3 is 19.5 Å². The van der Waals surface area contributed by atoms with Crippen LogP contribution in [-0.4, -0.2) is 53.8 Å². The first kappa shape index (κ1) is 21.6. The molecule has 3 rings (SSSR count). The number of hydrogen-bond acceptors (Lipinski definition) is 6. The summed E-state index contributed by atoms with van der Waals surface area (Å²) >= 11 is 0. The average molecular weight is 427 g/mol. The highest BCUT2D eigenvalue weighted by atomic mass is 19.4. The predicted octanol–water partition coefficient (Wildman–Crippen LogP) is 2.00. The van der Waals surface area contributed by atoms with E-state index in [1.165, 1.54) is 19.1 Å². The Morgan fingerprint density at radius 2 is 1.93 bits per heavy atom. The number of carboxylic acids is 1. The quantitative estimate of drug-likeness (QED) is 0.754. The molecule has 1 aliphatic rings. The Balaban J connectivity index is 2.06. The molecule has 2 aromatic rings. The second kappa shape index (κ2) is 8.34. The largest absolute Gasteiger partial charge is 0.497 e. The molecular formula is C19H20F3N3O5. The van der Waals surface area contributed by atoms with Crippen molar-refractivity contribution < 1.29 is 32.5 Å². The molecule has 0 spiro atoms. The molecule has 2 heterocycles. The van der Waals surface area contributed by atoms with E-state index in [9.17, 15) is 27.9 Å². The fourth-order valence-electron chi connectivity index (χ4n) is 3.34. The molecule has 162 valence electrons. The van der Waals surface area contributed by atoms with Crippen LogP contribution < -0.4 is 15.2 Å². The van der Waals surface area contributed by atoms with Gasteiger partial charge in [-0.3, -0.25) is 4.79 Å². The maximum atomic E-state index is 13.5. The van der Waals surface area contributed by atoms with E-state index in [1.807, 2.05) is 0 Å². The van der Waals surface area contributed by atoms with Crippen LogP contribution in [0.3, 0.4) is 0 Å². The van der Waals surface area contributed by atoms with Gasteiger partial charge in [-0.1, -0.05) is 12.1 Å². The molecule has 0 saturated carbocycles. The first-order valence-electron chi connectivity index (χ1n) is 8.98. The van der Waals surface area contributed by atoms with Gasteiger partial charge >= 0.3 is 12.1 Å². The number of carboxylic acid groups (broad SMARTS) is 1. The lowest BCUT2D eigenvalue weighted by Gasteiger charge is -2.24. The number of aliphatic carboxylic acids is 1. The zero-order valence-corrected chi connectivity index (χ0v) is 16.2. The van der Waals surface area contributed by atoms with Gasteiger partial charge in [-0.15, -0.1) is 0 Å². The van der Waals surface area contributed by atoms with Crippen molar-refractivity contribution in [3.8, 4) is 5.75 Å². The maximum absolute atomic E-state index is 13.5. The predicted molar refractivity (Wildman–Crippen MR) is 99.8 cm³/mol. The van der Waals surface area contributed by atoms with Crippen molar-refractivity contribution >= 4 is 11.8 Å². The van der Waals surface area contributed by atoms with Crippen LogP contribution in [0, 0.1) is 0 Å². The molecule has 1 aliphatic heterocycles. The standard InChI is InChI=1S/C19H20F3N3O5/c1-29-12-5-3-11(4-6-12)9-25-17(26)14(19(20,21)22)8-16(23-25)24-10-13(30-2)7-15(24)18(27)28/h3-6,8,13,15H,7,9-10H2,1-2H3,(H,27,28)/t13-,15+/m1/s1. The third kappa shape index (κ3) is 4.40. The number of benzene rings is 1. The highest BCUT2D eigenvalue weighted by Gasteiger charge is 2.41. The first-order chi connectivity index (χ1) is 14.1. The van der Waals surface area contributed by atoms with Gasteiger partial charge in [0, 0.05) is 26.1 Å². The van der Waals surface area contributed by atoms with E-state index in [0.29, 0.717) is 22.1 Å². The Labute approximate surface area is 169 Å². The smallest absolute Gasteiger partial charge is 0.421 e. The van der Waals surface area contributed by atoms with E-state index in [1.54, 1.807) is 24.3 Å². The van der Waals surface area contributed by atoms with E-state index < -0.39 is 35.4 Å². The summed E-state index contributed by atoms with van der Waals surface area (Å²) in [7, 11) is 2.87. The Hall–Kier alpha value is -3.08. The summed E-state index contributed by atoms with van der Waals surface area (Å²) in [5, 5.41) is 13.5. The van der Waals surface area contributed by atoms with Gasteiger partial charge in [0.15, 0.2) is 5.82 Å². The lowest BCUT2D eigenvalue weighted by Crippen LogP contribution is -2.39. The summed E-state index contributed by atoms with van der Waals surface area (Å²) in [4.78, 5) is 25.3. The second-order valence-electron chi connectivity index (χ2n) is 6.82. The average Bonchev–Trinajstić information content (AvgIpc) is 3.14. The van der Waals surface area contributed by atoms with Gasteiger partial charge in [-0.25, -0.2) is 9.48 Å². The molecule has 0 aliphatic carbocycles. The summed E-state index contributed by atoms with van der Waals surface area (Å²) in [6.45, 7) is -0.183. The lowest BCUT2D eigenvalue weighted by atomic mass is 10.2. The molecule has 0 bridgehead atoms. The van der Waals surface area contributed by atoms with E-state index in [4.69, 9.17) is 9.47 Å². The van der Waals surface area contributed by atoms with Crippen LogP contribution in [0.25, 0.3) is 0 Å². The topological polar surface area (TPSA) is 93.9 Å². The number of alkyl halides is 3. The van der Waals surface area contributed by atoms with Crippen molar-refractivity contribution in [1.29, 1.82) is 0 Å². The van der Waals surface area contributed by atoms with Crippen molar-refractivity contribution in [2.45, 2.75) is 31.3 Å². The van der Waals surface area contributed by atoms with Crippen molar-refractivity contribution in [1.82, 2.24) is 9.78 Å². The number of aromatic nitrogens is 2. The lowest BCUT2D eigenvalue weighted by molar-refractivity contribution is -0.139. The van der Waals surface area contributed by atoms with Gasteiger partial charge in [0.2, 0.25) is 0 Å². The van der Waals surface area contributed by atoms with Crippen molar-refractivity contribution in [3.63, 3.8) is 0 Å². The molecule has 8 nitrogen and oxygen atoms in total. The molecule has 0 radical (unpaired) electrons. The second-order valence-corrected chi connectivity index (χ2v) is 6.82. The van der Waals surface area contributed by atoms with Gasteiger partial charge in [0.05, 0.1) is 19.8 Å². The van der Waals surface area contributed by atoms with E-state index in [0.717, 1.165) is 0 Å². The first-order valence-corrected chi connectivity index (χ1v) is 8.98. The number of anilines is 1. The minimum Gasteiger partial charge on any atom is -0.497 e. The highest BCUT2D eigenvalue weighted by Crippen LogP contribution is 2.31. The molecule has 1 aromatic carbocycles. The van der Waals surface area contributed by atoms with E-state index in [-0.39, 0.29) is 25.3 Å². The summed E-state index contributed by atoms with van der Waals surface area (Å²) in [5.74, 6) is -0.907. The maximum Gasteiger partial charge on any atom is 0.421 e. The third-order valence-corrected chi connectivity index (χ3v) is 4.93. The van der Waals surface area contributed by atoms with E-state index >= 15 is 0 Å². The molecule has 1 aromatic heterocycles. The Kier molecular flexibility index (Phi) is 6.01. The number of halogens is 3. The number of methoxy groups -OCH3 is 2. The summed E-state index contributed by atoms with van der Waals surface area (Å²) < 4.78 is 51.5. The summed E-state index contributed by atoms with van der Waals surface area (Å²) in [5.41, 5.74) is -2.19. The molecule has 1 fully saturated rings. The zero-order valence-electron chi connectivity index (χ0n) is 16.2. The number of rotatable bonds is 6. The minimum atomic E-state index is -4.92. The zero-order chi connectivity index (χ0) is 22.1. The Morgan fingerprint density at radius 3 is 2.47 bits per heavy atom. The molecule has 1 N–H and O–H groups in total. The van der Waals surface area contributed by atoms with Gasteiger partial charge in [-0.05, 0) is 17.7 Å². The van der Waals surface area contributed by atoms with Crippen molar-refractivity contribution in [3.05, 3.63) is 51.8 Å². The number of hydrogen-bond donors (Lipinski definition) is 1. The van der Waals surface area contributed by atoms with Crippen molar-refractivity contribution in [2.24, 2.45) is 0 Å². The summed E-state index contributed by atoms with van der Waals surface area (Å²) in [6.07, 6.45) is -5.31. The number of nitrogens with zero attached hydrogens (tertiary/aromatic N) is 3. The Bertz CT molecular complexity index is 975. The molecule has 0 amide bonds. The van der Waals surface area contributed by atoms with Crippen LogP contribution in [-0.2, 0) is 22.3 Å². The Morgan fingerprint density at radius 1 is 1.27 bits per heavy atom. The van der Waals surface area contributed by atoms with Crippen LogP contribution in [0.5, 0.6) is 5.75 Å². The highest BCUT2D eigenvalue weighted by molar-refractivity contribution is 5.78. The molecule has 2 atom stereocenters. The van der Waals surface area contributed by atoms with Crippen LogP contribution in [0.1, 0.15) is 17.5 Å². The van der Waals surface area contributed by atoms with E-state index in [2.05, 4.69) is 5.10 Å². The minimum absolute atomic E-state index is 0.0402. The molecule has 1 saturated heterocycles. The van der Waals surface area contributed by atoms with Crippen LogP contribution in [0.15, 0.2) is 35.1 Å². The monoisotopic (exact) mass is 427 g/mol. The molecule has 11 heteroatoms. The summed E-state index contributed by atoms with van der Waals surface area (Å²) in [6, 6.07) is 5.90. The van der Waals surface area contributed by atoms with Crippen LogP contribution in [0.4, 0.5) is 19.0 Å². The third-order valence-electron chi connectivity index (χ3n) is 4.93. The van der Waals surface area contributed by atoms with Crippen molar-refractivity contribution in [2.75, 3.05) is 25.7 Å². The van der Waals surface area contributed by atoms with Gasteiger partial charge in [0.1, 0.15) is 17.4 Å². The normalized spacial score (nSPS) is 19.2. The van der Waals surface area contributed by atoms with Gasteiger partial charge in [-0.2, -0.15) is 18.3 Å². The van der Waals surface area contributed by atoms with Gasteiger partial charge in [0.25, 0.3) is 5.56 Å². The number of ether oxygens (including phenoxy) is 2.